The highest BCUT2D eigenvalue weighted by molar-refractivity contribution is 5.93. The van der Waals surface area contributed by atoms with Gasteiger partial charge in [-0.1, -0.05) is 30.3 Å². The molecule has 8 nitrogen and oxygen atoms in total. The molecular formula is C21H17FN6O2. The first-order valence-corrected chi connectivity index (χ1v) is 9.12. The lowest BCUT2D eigenvalue weighted by Crippen LogP contribution is -2.08. The Kier molecular flexibility index (Phi) is 5.17. The molecule has 0 saturated carbocycles. The van der Waals surface area contributed by atoms with E-state index in [1.807, 2.05) is 31.2 Å². The van der Waals surface area contributed by atoms with Crippen molar-refractivity contribution in [1.82, 2.24) is 15.0 Å². The van der Waals surface area contributed by atoms with Gasteiger partial charge in [0.15, 0.2) is 0 Å². The maximum atomic E-state index is 13.1. The number of nitrogens with one attached hydrogen (secondary N) is 2. The average molecular weight is 404 g/mol. The van der Waals surface area contributed by atoms with Crippen molar-refractivity contribution in [2.45, 2.75) is 13.5 Å². The van der Waals surface area contributed by atoms with E-state index in [0.717, 1.165) is 16.6 Å². The first-order chi connectivity index (χ1) is 14.5. The van der Waals surface area contributed by atoms with Crippen molar-refractivity contribution in [1.29, 1.82) is 0 Å². The molecule has 30 heavy (non-hydrogen) atoms. The molecule has 9 heteroatoms. The lowest BCUT2D eigenvalue weighted by atomic mass is 10.1. The standard InChI is InChI=1S/C21H17FN6O2/c1-13-5-8-15-3-2-4-17(18(15)26-13)27-21-19(28(29)30)20(24-12-25-21)23-11-14-6-9-16(22)10-7-14/h2-10,12H,11H2,1H3,(H2,23,24,25,27). The summed E-state index contributed by atoms with van der Waals surface area (Å²) in [5.74, 6) is -0.240. The molecule has 0 saturated heterocycles. The summed E-state index contributed by atoms with van der Waals surface area (Å²) in [7, 11) is 0. The number of aromatic nitrogens is 3. The summed E-state index contributed by atoms with van der Waals surface area (Å²) in [6, 6.07) is 15.2. The molecule has 0 unspecified atom stereocenters. The summed E-state index contributed by atoms with van der Waals surface area (Å²) in [6.45, 7) is 2.12. The predicted molar refractivity (Wildman–Crippen MR) is 112 cm³/mol. The minimum Gasteiger partial charge on any atom is -0.360 e. The number of hydrogen-bond acceptors (Lipinski definition) is 7. The molecule has 0 atom stereocenters. The number of rotatable bonds is 6. The van der Waals surface area contributed by atoms with Gasteiger partial charge in [0.2, 0.25) is 11.6 Å². The number of nitrogens with zero attached hydrogens (tertiary/aromatic N) is 4. The molecule has 0 amide bonds. The number of aryl methyl sites for hydroxylation is 1. The first kappa shape index (κ1) is 19.2. The highest BCUT2D eigenvalue weighted by atomic mass is 19.1. The zero-order chi connectivity index (χ0) is 21.1. The highest BCUT2D eigenvalue weighted by Gasteiger charge is 2.23. The third-order valence-electron chi connectivity index (χ3n) is 4.49. The average Bonchev–Trinajstić information content (AvgIpc) is 2.73. The Labute approximate surface area is 171 Å². The van der Waals surface area contributed by atoms with Crippen LogP contribution < -0.4 is 10.6 Å². The smallest absolute Gasteiger partial charge is 0.353 e. The van der Waals surface area contributed by atoms with E-state index in [0.29, 0.717) is 11.2 Å². The molecule has 0 radical (unpaired) electrons. The first-order valence-electron chi connectivity index (χ1n) is 9.12. The van der Waals surface area contributed by atoms with Gasteiger partial charge in [-0.2, -0.15) is 0 Å². The van der Waals surface area contributed by atoms with Crippen LogP contribution in [0.4, 0.5) is 27.4 Å². The fraction of sp³-hybridized carbons (Fsp3) is 0.0952. The van der Waals surface area contributed by atoms with Gasteiger partial charge in [0.05, 0.1) is 16.1 Å². The van der Waals surface area contributed by atoms with Crippen LogP contribution >= 0.6 is 0 Å². The number of nitro groups is 1. The Morgan fingerprint density at radius 2 is 1.80 bits per heavy atom. The van der Waals surface area contributed by atoms with Crippen LogP contribution in [0.1, 0.15) is 11.3 Å². The van der Waals surface area contributed by atoms with Crippen LogP contribution in [0.25, 0.3) is 10.9 Å². The molecule has 150 valence electrons. The van der Waals surface area contributed by atoms with Gasteiger partial charge in [-0.05, 0) is 36.8 Å². The van der Waals surface area contributed by atoms with E-state index < -0.39 is 4.92 Å². The molecule has 0 bridgehead atoms. The van der Waals surface area contributed by atoms with E-state index in [4.69, 9.17) is 0 Å². The molecule has 0 aliphatic carbocycles. The fourth-order valence-corrected chi connectivity index (χ4v) is 3.03. The van der Waals surface area contributed by atoms with Gasteiger partial charge in [0.1, 0.15) is 12.1 Å². The quantitative estimate of drug-likeness (QED) is 0.353. The van der Waals surface area contributed by atoms with Crippen molar-refractivity contribution in [3.05, 3.63) is 88.1 Å². The van der Waals surface area contributed by atoms with Crippen LogP contribution in [0.2, 0.25) is 0 Å². The van der Waals surface area contributed by atoms with E-state index in [2.05, 4.69) is 25.6 Å². The van der Waals surface area contributed by atoms with Crippen molar-refractivity contribution >= 4 is 33.9 Å². The molecular weight excluding hydrogens is 387 g/mol. The van der Waals surface area contributed by atoms with Gasteiger partial charge >= 0.3 is 5.69 Å². The van der Waals surface area contributed by atoms with Crippen LogP contribution in [-0.2, 0) is 6.54 Å². The largest absolute Gasteiger partial charge is 0.360 e. The highest BCUT2D eigenvalue weighted by Crippen LogP contribution is 2.33. The second-order valence-electron chi connectivity index (χ2n) is 6.61. The normalized spacial score (nSPS) is 10.7. The van der Waals surface area contributed by atoms with Gasteiger partial charge in [0.25, 0.3) is 0 Å². The zero-order valence-corrected chi connectivity index (χ0v) is 16.0. The van der Waals surface area contributed by atoms with Crippen molar-refractivity contribution < 1.29 is 9.31 Å². The van der Waals surface area contributed by atoms with Crippen LogP contribution in [-0.4, -0.2) is 19.9 Å². The molecule has 0 aliphatic heterocycles. The number of anilines is 3. The molecule has 2 aromatic heterocycles. The van der Waals surface area contributed by atoms with Crippen molar-refractivity contribution in [3.63, 3.8) is 0 Å². The minimum atomic E-state index is -0.543. The van der Waals surface area contributed by atoms with Crippen LogP contribution in [0.15, 0.2) is 60.9 Å². The molecule has 4 aromatic rings. The third kappa shape index (κ3) is 4.00. The van der Waals surface area contributed by atoms with E-state index in [9.17, 15) is 14.5 Å². The van der Waals surface area contributed by atoms with Crippen LogP contribution in [0.3, 0.4) is 0 Å². The molecule has 4 rings (SSSR count). The topological polar surface area (TPSA) is 106 Å². The Morgan fingerprint density at radius 3 is 2.57 bits per heavy atom. The monoisotopic (exact) mass is 404 g/mol. The van der Waals surface area contributed by atoms with Gasteiger partial charge < -0.3 is 10.6 Å². The summed E-state index contributed by atoms with van der Waals surface area (Å²) >= 11 is 0. The summed E-state index contributed by atoms with van der Waals surface area (Å²) in [4.78, 5) is 23.9. The summed E-state index contributed by atoms with van der Waals surface area (Å²) in [6.07, 6.45) is 1.24. The summed E-state index contributed by atoms with van der Waals surface area (Å²) in [5.41, 5.74) is 2.58. The van der Waals surface area contributed by atoms with Crippen LogP contribution in [0, 0.1) is 22.9 Å². The Balaban J connectivity index is 1.67. The Morgan fingerprint density at radius 1 is 1.03 bits per heavy atom. The van der Waals surface area contributed by atoms with Gasteiger partial charge in [-0.25, -0.2) is 14.4 Å². The van der Waals surface area contributed by atoms with E-state index in [-0.39, 0.29) is 29.7 Å². The van der Waals surface area contributed by atoms with Crippen molar-refractivity contribution in [2.24, 2.45) is 0 Å². The van der Waals surface area contributed by atoms with E-state index in [1.54, 1.807) is 18.2 Å². The molecule has 0 aliphatic rings. The summed E-state index contributed by atoms with van der Waals surface area (Å²) < 4.78 is 13.1. The number of fused-ring (bicyclic) bond motifs is 1. The number of pyridine rings is 1. The number of hydrogen-bond donors (Lipinski definition) is 2. The maximum Gasteiger partial charge on any atom is 0.353 e. The molecule has 0 spiro atoms. The predicted octanol–water partition coefficient (Wildman–Crippen LogP) is 4.74. The van der Waals surface area contributed by atoms with Gasteiger partial charge in [-0.3, -0.25) is 15.1 Å². The lowest BCUT2D eigenvalue weighted by molar-refractivity contribution is -0.383. The number of para-hydroxylation sites is 1. The zero-order valence-electron chi connectivity index (χ0n) is 16.0. The van der Waals surface area contributed by atoms with Gasteiger partial charge in [0, 0.05) is 17.6 Å². The molecule has 0 fully saturated rings. The number of benzene rings is 2. The second kappa shape index (κ2) is 8.08. The lowest BCUT2D eigenvalue weighted by Gasteiger charge is -2.11. The van der Waals surface area contributed by atoms with Crippen molar-refractivity contribution in [2.75, 3.05) is 10.6 Å². The van der Waals surface area contributed by atoms with Gasteiger partial charge in [-0.15, -0.1) is 0 Å². The SMILES string of the molecule is Cc1ccc2cccc(Nc3ncnc(NCc4ccc(F)cc4)c3[N+](=O)[O-])c2n1. The molecule has 2 aromatic carbocycles. The summed E-state index contributed by atoms with van der Waals surface area (Å²) in [5, 5.41) is 18.6. The van der Waals surface area contributed by atoms with E-state index >= 15 is 0 Å². The second-order valence-corrected chi connectivity index (χ2v) is 6.61. The van der Waals surface area contributed by atoms with Crippen LogP contribution in [0.5, 0.6) is 0 Å². The fourth-order valence-electron chi connectivity index (χ4n) is 3.03. The number of halogens is 1. The third-order valence-corrected chi connectivity index (χ3v) is 4.49. The van der Waals surface area contributed by atoms with E-state index in [1.165, 1.54) is 18.5 Å². The maximum absolute atomic E-state index is 13.1. The Bertz CT molecular complexity index is 1230. The van der Waals surface area contributed by atoms with Crippen molar-refractivity contribution in [3.8, 4) is 0 Å². The Hall–Kier alpha value is -4.14. The molecule has 2 N–H and O–H groups in total. The molecule has 2 heterocycles. The minimum absolute atomic E-state index is 0.0485.